The summed E-state index contributed by atoms with van der Waals surface area (Å²) >= 11 is 0. The molecule has 0 saturated carbocycles. The number of rotatable bonds is 7. The van der Waals surface area contributed by atoms with Gasteiger partial charge < -0.3 is 4.74 Å². The van der Waals surface area contributed by atoms with E-state index in [0.717, 1.165) is 31.3 Å². The first-order chi connectivity index (χ1) is 6.60. The Labute approximate surface area is 87.3 Å². The fraction of sp³-hybridized carbons (Fsp3) is 0.750. The van der Waals surface area contributed by atoms with Gasteiger partial charge >= 0.3 is 5.97 Å². The SMILES string of the molecule is C=C(CC)CC(C)OC(=O)CCCC. The van der Waals surface area contributed by atoms with Gasteiger partial charge in [0.2, 0.25) is 0 Å². The second-order valence-corrected chi connectivity index (χ2v) is 3.71. The molecule has 0 fully saturated rings. The van der Waals surface area contributed by atoms with E-state index in [2.05, 4.69) is 20.4 Å². The summed E-state index contributed by atoms with van der Waals surface area (Å²) in [4.78, 5) is 11.2. The molecular formula is C12H22O2. The predicted octanol–water partition coefficient (Wildman–Crippen LogP) is 3.46. The Hall–Kier alpha value is -0.790. The Kier molecular flexibility index (Phi) is 7.17. The molecule has 0 aromatic rings. The van der Waals surface area contributed by atoms with Gasteiger partial charge in [-0.05, 0) is 19.8 Å². The Morgan fingerprint density at radius 3 is 2.57 bits per heavy atom. The van der Waals surface area contributed by atoms with E-state index in [9.17, 15) is 4.79 Å². The molecule has 0 heterocycles. The van der Waals surface area contributed by atoms with Crippen LogP contribution in [0.15, 0.2) is 12.2 Å². The zero-order chi connectivity index (χ0) is 11.0. The van der Waals surface area contributed by atoms with Crippen molar-refractivity contribution in [3.8, 4) is 0 Å². The van der Waals surface area contributed by atoms with Crippen LogP contribution < -0.4 is 0 Å². The average molecular weight is 198 g/mol. The van der Waals surface area contributed by atoms with Gasteiger partial charge in [0.1, 0.15) is 6.10 Å². The number of hydrogen-bond acceptors (Lipinski definition) is 2. The molecule has 0 spiro atoms. The van der Waals surface area contributed by atoms with Crippen LogP contribution in [0.2, 0.25) is 0 Å². The standard InChI is InChI=1S/C12H22O2/c1-5-7-8-12(13)14-11(4)9-10(3)6-2/h11H,3,5-9H2,1-2,4H3. The summed E-state index contributed by atoms with van der Waals surface area (Å²) < 4.78 is 5.23. The van der Waals surface area contributed by atoms with Crippen molar-refractivity contribution in [2.24, 2.45) is 0 Å². The maximum atomic E-state index is 11.2. The summed E-state index contributed by atoms with van der Waals surface area (Å²) in [6, 6.07) is 0. The average Bonchev–Trinajstić information content (AvgIpc) is 2.14. The highest BCUT2D eigenvalue weighted by atomic mass is 16.5. The normalized spacial score (nSPS) is 12.2. The van der Waals surface area contributed by atoms with Crippen LogP contribution in [0.1, 0.15) is 52.9 Å². The number of carbonyl (C=O) groups is 1. The lowest BCUT2D eigenvalue weighted by molar-refractivity contribution is -0.148. The van der Waals surface area contributed by atoms with Crippen LogP contribution >= 0.6 is 0 Å². The molecule has 0 radical (unpaired) electrons. The number of esters is 1. The van der Waals surface area contributed by atoms with Gasteiger partial charge in [0.05, 0.1) is 0 Å². The molecular weight excluding hydrogens is 176 g/mol. The zero-order valence-electron chi connectivity index (χ0n) is 9.64. The van der Waals surface area contributed by atoms with Crippen molar-refractivity contribution in [1.82, 2.24) is 0 Å². The fourth-order valence-electron chi connectivity index (χ4n) is 1.20. The third-order valence-corrected chi connectivity index (χ3v) is 2.14. The maximum absolute atomic E-state index is 11.2. The largest absolute Gasteiger partial charge is 0.462 e. The molecule has 0 aliphatic carbocycles. The van der Waals surface area contributed by atoms with Crippen LogP contribution in [-0.4, -0.2) is 12.1 Å². The van der Waals surface area contributed by atoms with E-state index < -0.39 is 0 Å². The summed E-state index contributed by atoms with van der Waals surface area (Å²) in [5, 5.41) is 0. The molecule has 2 nitrogen and oxygen atoms in total. The summed E-state index contributed by atoms with van der Waals surface area (Å²) in [6.07, 6.45) is 4.21. The van der Waals surface area contributed by atoms with E-state index >= 15 is 0 Å². The van der Waals surface area contributed by atoms with Gasteiger partial charge in [-0.25, -0.2) is 0 Å². The van der Waals surface area contributed by atoms with E-state index in [-0.39, 0.29) is 12.1 Å². The van der Waals surface area contributed by atoms with Gasteiger partial charge in [0.25, 0.3) is 0 Å². The highest BCUT2D eigenvalue weighted by Gasteiger charge is 2.09. The number of hydrogen-bond donors (Lipinski definition) is 0. The predicted molar refractivity (Wildman–Crippen MR) is 59.1 cm³/mol. The third kappa shape index (κ3) is 6.70. The van der Waals surface area contributed by atoms with E-state index in [0.29, 0.717) is 6.42 Å². The van der Waals surface area contributed by atoms with Crippen molar-refractivity contribution in [3.05, 3.63) is 12.2 Å². The number of ether oxygens (including phenoxy) is 1. The van der Waals surface area contributed by atoms with E-state index in [1.807, 2.05) is 6.92 Å². The minimum Gasteiger partial charge on any atom is -0.462 e. The van der Waals surface area contributed by atoms with Gasteiger partial charge in [0, 0.05) is 12.8 Å². The van der Waals surface area contributed by atoms with E-state index in [4.69, 9.17) is 4.74 Å². The molecule has 0 aromatic carbocycles. The van der Waals surface area contributed by atoms with Crippen LogP contribution in [0.25, 0.3) is 0 Å². The molecule has 0 aromatic heterocycles. The third-order valence-electron chi connectivity index (χ3n) is 2.14. The van der Waals surface area contributed by atoms with Crippen molar-refractivity contribution in [2.75, 3.05) is 0 Å². The molecule has 1 atom stereocenters. The van der Waals surface area contributed by atoms with Gasteiger partial charge in [-0.1, -0.05) is 32.4 Å². The summed E-state index contributed by atoms with van der Waals surface area (Å²) in [7, 11) is 0. The van der Waals surface area contributed by atoms with Crippen molar-refractivity contribution in [2.45, 2.75) is 59.0 Å². The minimum atomic E-state index is -0.0803. The van der Waals surface area contributed by atoms with Gasteiger partial charge in [-0.15, -0.1) is 0 Å². The van der Waals surface area contributed by atoms with Crippen molar-refractivity contribution in [3.63, 3.8) is 0 Å². The first-order valence-electron chi connectivity index (χ1n) is 5.46. The molecule has 0 aliphatic rings. The number of unbranched alkanes of at least 4 members (excludes halogenated alkanes) is 1. The van der Waals surface area contributed by atoms with Gasteiger partial charge in [-0.3, -0.25) is 4.79 Å². The summed E-state index contributed by atoms with van der Waals surface area (Å²) in [5.41, 5.74) is 1.14. The molecule has 0 bridgehead atoms. The topological polar surface area (TPSA) is 26.3 Å². The van der Waals surface area contributed by atoms with Crippen molar-refractivity contribution >= 4 is 5.97 Å². The van der Waals surface area contributed by atoms with Crippen LogP contribution in [0.5, 0.6) is 0 Å². The Morgan fingerprint density at radius 1 is 1.43 bits per heavy atom. The first kappa shape index (κ1) is 13.2. The second-order valence-electron chi connectivity index (χ2n) is 3.71. The molecule has 2 heteroatoms. The molecule has 0 amide bonds. The minimum absolute atomic E-state index is 0.0215. The number of carbonyl (C=O) groups excluding carboxylic acids is 1. The monoisotopic (exact) mass is 198 g/mol. The first-order valence-corrected chi connectivity index (χ1v) is 5.46. The molecule has 0 saturated heterocycles. The van der Waals surface area contributed by atoms with Crippen LogP contribution in [0, 0.1) is 0 Å². The Balaban J connectivity index is 3.65. The van der Waals surface area contributed by atoms with E-state index in [1.54, 1.807) is 0 Å². The van der Waals surface area contributed by atoms with Crippen LogP contribution in [0.3, 0.4) is 0 Å². The van der Waals surface area contributed by atoms with Crippen molar-refractivity contribution in [1.29, 1.82) is 0 Å². The highest BCUT2D eigenvalue weighted by molar-refractivity contribution is 5.69. The molecule has 82 valence electrons. The van der Waals surface area contributed by atoms with Crippen molar-refractivity contribution < 1.29 is 9.53 Å². The second kappa shape index (κ2) is 7.60. The maximum Gasteiger partial charge on any atom is 0.306 e. The quantitative estimate of drug-likeness (QED) is 0.462. The van der Waals surface area contributed by atoms with Crippen LogP contribution in [0.4, 0.5) is 0 Å². The molecule has 0 aliphatic heterocycles. The molecule has 14 heavy (non-hydrogen) atoms. The Bertz CT molecular complexity index is 185. The van der Waals surface area contributed by atoms with Gasteiger partial charge in [-0.2, -0.15) is 0 Å². The smallest absolute Gasteiger partial charge is 0.306 e. The van der Waals surface area contributed by atoms with E-state index in [1.165, 1.54) is 0 Å². The lowest BCUT2D eigenvalue weighted by Gasteiger charge is -2.13. The zero-order valence-corrected chi connectivity index (χ0v) is 9.64. The fourth-order valence-corrected chi connectivity index (χ4v) is 1.20. The van der Waals surface area contributed by atoms with Gasteiger partial charge in [0.15, 0.2) is 0 Å². The lowest BCUT2D eigenvalue weighted by atomic mass is 10.1. The summed E-state index contributed by atoms with van der Waals surface area (Å²) in [6.45, 7) is 9.94. The lowest BCUT2D eigenvalue weighted by Crippen LogP contribution is -2.15. The Morgan fingerprint density at radius 2 is 2.07 bits per heavy atom. The van der Waals surface area contributed by atoms with Crippen LogP contribution in [-0.2, 0) is 9.53 Å². The summed E-state index contributed by atoms with van der Waals surface area (Å²) in [5.74, 6) is -0.0803. The molecule has 0 N–H and O–H groups in total. The molecule has 1 unspecified atom stereocenters. The molecule has 0 rings (SSSR count). The highest BCUT2D eigenvalue weighted by Crippen LogP contribution is 2.10.